The van der Waals surface area contributed by atoms with Gasteiger partial charge < -0.3 is 10.6 Å². The summed E-state index contributed by atoms with van der Waals surface area (Å²) in [6.45, 7) is 7.63. The maximum absolute atomic E-state index is 12.9. The van der Waals surface area contributed by atoms with E-state index in [1.54, 1.807) is 35.9 Å². The Labute approximate surface area is 157 Å². The van der Waals surface area contributed by atoms with Crippen LogP contribution in [0.25, 0.3) is 5.78 Å². The maximum atomic E-state index is 12.9. The van der Waals surface area contributed by atoms with E-state index >= 15 is 0 Å². The average Bonchev–Trinajstić information content (AvgIpc) is 2.93. The lowest BCUT2D eigenvalue weighted by atomic mass is 10.1. The van der Waals surface area contributed by atoms with Crippen LogP contribution in [-0.4, -0.2) is 26.2 Å². The number of carbonyl (C=O) groups is 2. The predicted octanol–water partition coefficient (Wildman–Crippen LogP) is 3.58. The molecule has 0 saturated carbocycles. The van der Waals surface area contributed by atoms with Crippen molar-refractivity contribution in [3.63, 3.8) is 0 Å². The number of amides is 2. The number of hydrogen-bond acceptors (Lipinski definition) is 4. The molecule has 2 N–H and O–H groups in total. The molecule has 2 aromatic heterocycles. The number of anilines is 2. The number of nitrogens with one attached hydrogen (secondary N) is 2. The molecule has 0 fully saturated rings. The average molecular weight is 365 g/mol. The summed E-state index contributed by atoms with van der Waals surface area (Å²) < 4.78 is 1.66. The number of aromatic nitrogens is 3. The Bertz CT molecular complexity index is 1010. The first-order valence-electron chi connectivity index (χ1n) is 8.87. The molecule has 1 aromatic carbocycles. The molecule has 0 saturated heterocycles. The van der Waals surface area contributed by atoms with E-state index in [0.717, 1.165) is 5.56 Å². The van der Waals surface area contributed by atoms with Crippen LogP contribution in [0.4, 0.5) is 11.4 Å². The molecule has 0 aliphatic heterocycles. The van der Waals surface area contributed by atoms with Crippen LogP contribution < -0.4 is 10.6 Å². The van der Waals surface area contributed by atoms with Crippen molar-refractivity contribution in [3.8, 4) is 0 Å². The van der Waals surface area contributed by atoms with Gasteiger partial charge in [0.15, 0.2) is 0 Å². The van der Waals surface area contributed by atoms with E-state index < -0.39 is 0 Å². The fourth-order valence-electron chi connectivity index (χ4n) is 2.93. The van der Waals surface area contributed by atoms with Crippen molar-refractivity contribution in [2.45, 2.75) is 34.1 Å². The van der Waals surface area contributed by atoms with E-state index in [1.165, 1.54) is 0 Å². The quantitative estimate of drug-likeness (QED) is 0.723. The van der Waals surface area contributed by atoms with Crippen molar-refractivity contribution < 1.29 is 9.59 Å². The zero-order valence-electron chi connectivity index (χ0n) is 15.9. The lowest BCUT2D eigenvalue weighted by molar-refractivity contribution is -0.116. The van der Waals surface area contributed by atoms with E-state index in [-0.39, 0.29) is 17.7 Å². The predicted molar refractivity (Wildman–Crippen MR) is 105 cm³/mol. The summed E-state index contributed by atoms with van der Waals surface area (Å²) in [7, 11) is 0. The summed E-state index contributed by atoms with van der Waals surface area (Å²) in [5, 5.41) is 5.83. The normalized spacial score (nSPS) is 11.0. The van der Waals surface area contributed by atoms with Crippen LogP contribution in [0, 0.1) is 19.8 Å². The van der Waals surface area contributed by atoms with Crippen molar-refractivity contribution in [3.05, 3.63) is 53.6 Å². The number of aryl methyl sites for hydroxylation is 1. The van der Waals surface area contributed by atoms with Crippen LogP contribution in [0.2, 0.25) is 0 Å². The lowest BCUT2D eigenvalue weighted by Gasteiger charge is -2.14. The fraction of sp³-hybridized carbons (Fsp3) is 0.300. The molecule has 140 valence electrons. The Hall–Kier alpha value is -3.22. The Morgan fingerprint density at radius 3 is 2.52 bits per heavy atom. The zero-order chi connectivity index (χ0) is 19.6. The number of nitrogens with zero attached hydrogens (tertiary/aromatic N) is 3. The third kappa shape index (κ3) is 3.97. The molecule has 7 heteroatoms. The third-order valence-corrected chi connectivity index (χ3v) is 4.24. The third-order valence-electron chi connectivity index (χ3n) is 4.24. The van der Waals surface area contributed by atoms with Gasteiger partial charge in [0.05, 0.1) is 5.69 Å². The highest BCUT2D eigenvalue weighted by Crippen LogP contribution is 2.25. The van der Waals surface area contributed by atoms with Crippen LogP contribution in [-0.2, 0) is 4.79 Å². The fourth-order valence-corrected chi connectivity index (χ4v) is 2.93. The first-order valence-corrected chi connectivity index (χ1v) is 8.87. The molecule has 3 rings (SSSR count). The Balaban J connectivity index is 1.85. The van der Waals surface area contributed by atoms with Crippen molar-refractivity contribution in [1.82, 2.24) is 14.4 Å². The number of fused-ring (bicyclic) bond motifs is 1. The standard InChI is InChI=1S/C20H23N5O2/c1-12(2)11-17(26)23-15-7-5-8-16(13(15)3)24-19(27)18-14(4)22-20-21-9-6-10-25(18)20/h5-10,12H,11H2,1-4H3,(H,23,26)(H,24,27). The molecule has 0 unspecified atom stereocenters. The monoisotopic (exact) mass is 365 g/mol. The molecule has 27 heavy (non-hydrogen) atoms. The van der Waals surface area contributed by atoms with Crippen molar-refractivity contribution >= 4 is 29.0 Å². The summed E-state index contributed by atoms with van der Waals surface area (Å²) in [6, 6.07) is 7.19. The second-order valence-electron chi connectivity index (χ2n) is 6.91. The number of hydrogen-bond donors (Lipinski definition) is 2. The summed E-state index contributed by atoms with van der Waals surface area (Å²) in [5.74, 6) is 0.438. The number of imidazole rings is 1. The number of benzene rings is 1. The van der Waals surface area contributed by atoms with E-state index in [4.69, 9.17) is 0 Å². The SMILES string of the molecule is Cc1nc2ncccn2c1C(=O)Nc1cccc(NC(=O)CC(C)C)c1C. The summed E-state index contributed by atoms with van der Waals surface area (Å²) >= 11 is 0. The van der Waals surface area contributed by atoms with Gasteiger partial charge in [-0.05, 0) is 43.5 Å². The highest BCUT2D eigenvalue weighted by atomic mass is 16.2. The second-order valence-corrected chi connectivity index (χ2v) is 6.91. The molecule has 0 atom stereocenters. The van der Waals surface area contributed by atoms with Crippen molar-refractivity contribution in [2.24, 2.45) is 5.92 Å². The molecule has 2 heterocycles. The second kappa shape index (κ2) is 7.57. The number of rotatable bonds is 5. The summed E-state index contributed by atoms with van der Waals surface area (Å²) in [4.78, 5) is 33.4. The molecule has 2 amide bonds. The van der Waals surface area contributed by atoms with Gasteiger partial charge in [0.1, 0.15) is 5.69 Å². The number of carbonyl (C=O) groups excluding carboxylic acids is 2. The van der Waals surface area contributed by atoms with Gasteiger partial charge in [0.25, 0.3) is 5.91 Å². The van der Waals surface area contributed by atoms with Crippen LogP contribution in [0.5, 0.6) is 0 Å². The minimum atomic E-state index is -0.276. The van der Waals surface area contributed by atoms with Crippen LogP contribution in [0.15, 0.2) is 36.7 Å². The van der Waals surface area contributed by atoms with Gasteiger partial charge in [-0.1, -0.05) is 19.9 Å². The van der Waals surface area contributed by atoms with Gasteiger partial charge in [-0.25, -0.2) is 9.97 Å². The van der Waals surface area contributed by atoms with Gasteiger partial charge in [0, 0.05) is 30.2 Å². The maximum Gasteiger partial charge on any atom is 0.274 e. The molecule has 0 radical (unpaired) electrons. The first-order chi connectivity index (χ1) is 12.9. The molecule has 0 bridgehead atoms. The van der Waals surface area contributed by atoms with Crippen molar-refractivity contribution in [1.29, 1.82) is 0 Å². The molecular weight excluding hydrogens is 342 g/mol. The van der Waals surface area contributed by atoms with Gasteiger partial charge in [-0.2, -0.15) is 0 Å². The minimum Gasteiger partial charge on any atom is -0.326 e. The highest BCUT2D eigenvalue weighted by Gasteiger charge is 2.18. The Morgan fingerprint density at radius 2 is 1.81 bits per heavy atom. The Morgan fingerprint density at radius 1 is 1.11 bits per heavy atom. The van der Waals surface area contributed by atoms with Crippen LogP contribution in [0.3, 0.4) is 0 Å². The minimum absolute atomic E-state index is 0.0414. The van der Waals surface area contributed by atoms with Crippen LogP contribution >= 0.6 is 0 Å². The van der Waals surface area contributed by atoms with Gasteiger partial charge in [-0.3, -0.25) is 14.0 Å². The van der Waals surface area contributed by atoms with Crippen LogP contribution in [0.1, 0.15) is 42.0 Å². The highest BCUT2D eigenvalue weighted by molar-refractivity contribution is 6.05. The van der Waals surface area contributed by atoms with Gasteiger partial charge in [0.2, 0.25) is 11.7 Å². The summed E-state index contributed by atoms with van der Waals surface area (Å²) in [5.41, 5.74) is 3.17. The smallest absolute Gasteiger partial charge is 0.274 e. The Kier molecular flexibility index (Phi) is 5.21. The first kappa shape index (κ1) is 18.6. The summed E-state index contributed by atoms with van der Waals surface area (Å²) in [6.07, 6.45) is 3.84. The molecule has 0 aliphatic rings. The molecule has 3 aromatic rings. The largest absolute Gasteiger partial charge is 0.326 e. The van der Waals surface area contributed by atoms with E-state index in [1.807, 2.05) is 32.9 Å². The zero-order valence-corrected chi connectivity index (χ0v) is 15.9. The molecule has 7 nitrogen and oxygen atoms in total. The molecule has 0 aliphatic carbocycles. The van der Waals surface area contributed by atoms with Crippen molar-refractivity contribution in [2.75, 3.05) is 10.6 Å². The topological polar surface area (TPSA) is 88.4 Å². The van der Waals surface area contributed by atoms with Gasteiger partial charge >= 0.3 is 0 Å². The van der Waals surface area contributed by atoms with E-state index in [2.05, 4.69) is 20.6 Å². The van der Waals surface area contributed by atoms with E-state index in [0.29, 0.717) is 35.0 Å². The molecule has 0 spiro atoms. The molecular formula is C20H23N5O2. The van der Waals surface area contributed by atoms with Gasteiger partial charge in [-0.15, -0.1) is 0 Å². The lowest BCUT2D eigenvalue weighted by Crippen LogP contribution is -2.18. The van der Waals surface area contributed by atoms with E-state index in [9.17, 15) is 9.59 Å².